The Morgan fingerprint density at radius 2 is 2.08 bits per heavy atom. The third kappa shape index (κ3) is 4.36. The predicted molar refractivity (Wildman–Crippen MR) is 97.4 cm³/mol. The van der Waals surface area contributed by atoms with Gasteiger partial charge >= 0.3 is 0 Å². The summed E-state index contributed by atoms with van der Waals surface area (Å²) in [7, 11) is 5.75. The summed E-state index contributed by atoms with van der Waals surface area (Å²) in [5.41, 5.74) is 2.52. The van der Waals surface area contributed by atoms with Crippen LogP contribution in [0.5, 0.6) is 0 Å². The lowest BCUT2D eigenvalue weighted by Crippen LogP contribution is -2.35. The first-order valence-electron chi connectivity index (χ1n) is 8.16. The van der Waals surface area contributed by atoms with Gasteiger partial charge in [-0.15, -0.1) is 0 Å². The lowest BCUT2D eigenvalue weighted by Gasteiger charge is -2.26. The van der Waals surface area contributed by atoms with E-state index >= 15 is 0 Å². The van der Waals surface area contributed by atoms with Crippen molar-refractivity contribution in [2.75, 3.05) is 20.6 Å². The zero-order chi connectivity index (χ0) is 17.7. The minimum Gasteiger partial charge on any atom is -0.349 e. The van der Waals surface area contributed by atoms with Gasteiger partial charge in [0, 0.05) is 18.6 Å². The van der Waals surface area contributed by atoms with E-state index in [0.717, 1.165) is 24.1 Å². The maximum Gasteiger partial charge on any atom is 0.269 e. The van der Waals surface area contributed by atoms with Crippen LogP contribution in [0.4, 0.5) is 0 Å². The van der Waals surface area contributed by atoms with E-state index in [-0.39, 0.29) is 11.9 Å². The molecule has 0 saturated heterocycles. The van der Waals surface area contributed by atoms with Crippen LogP contribution in [-0.2, 0) is 13.5 Å². The summed E-state index contributed by atoms with van der Waals surface area (Å²) in [5.74, 6) is -0.119. The van der Waals surface area contributed by atoms with Crippen LogP contribution in [0.1, 0.15) is 41.1 Å². The number of aryl methyl sites for hydroxylation is 2. The highest BCUT2D eigenvalue weighted by atomic mass is 35.5. The van der Waals surface area contributed by atoms with Crippen LogP contribution >= 0.6 is 11.6 Å². The van der Waals surface area contributed by atoms with Crippen molar-refractivity contribution in [3.8, 4) is 0 Å². The van der Waals surface area contributed by atoms with Crippen molar-refractivity contribution >= 4 is 17.5 Å². The Kier molecular flexibility index (Phi) is 6.40. The molecule has 1 heterocycles. The second-order valence-corrected chi connectivity index (χ2v) is 6.51. The Labute approximate surface area is 148 Å². The van der Waals surface area contributed by atoms with E-state index in [1.54, 1.807) is 11.7 Å². The van der Waals surface area contributed by atoms with Crippen LogP contribution in [-0.4, -0.2) is 41.2 Å². The van der Waals surface area contributed by atoms with Crippen molar-refractivity contribution in [3.63, 3.8) is 0 Å². The number of carbonyl (C=O) groups excluding carboxylic acids is 1. The number of halogens is 1. The van der Waals surface area contributed by atoms with Gasteiger partial charge in [-0.2, -0.15) is 5.10 Å². The number of aromatic nitrogens is 2. The Balaban J connectivity index is 2.10. The number of likely N-dealkylation sites (N-methyl/N-ethyl adjacent to an activating group) is 1. The molecule has 0 aliphatic carbocycles. The molecular formula is C18H25ClN4O. The summed E-state index contributed by atoms with van der Waals surface area (Å²) >= 11 is 6.31. The molecule has 2 aromatic rings. The van der Waals surface area contributed by atoms with Crippen LogP contribution in [0.15, 0.2) is 30.3 Å². The third-order valence-corrected chi connectivity index (χ3v) is 4.36. The Hall–Kier alpha value is -1.85. The fourth-order valence-electron chi connectivity index (χ4n) is 2.71. The summed E-state index contributed by atoms with van der Waals surface area (Å²) in [6.45, 7) is 2.57. The average Bonchev–Trinajstić information content (AvgIpc) is 2.90. The van der Waals surface area contributed by atoms with E-state index in [9.17, 15) is 4.79 Å². The van der Waals surface area contributed by atoms with Crippen LogP contribution in [0.2, 0.25) is 5.02 Å². The number of benzene rings is 1. The molecule has 1 amide bonds. The zero-order valence-corrected chi connectivity index (χ0v) is 15.5. The highest BCUT2D eigenvalue weighted by Crippen LogP contribution is 2.25. The molecule has 1 atom stereocenters. The molecule has 0 aliphatic heterocycles. The summed E-state index contributed by atoms with van der Waals surface area (Å²) in [6, 6.07) is 9.58. The molecule has 1 aromatic heterocycles. The minimum absolute atomic E-state index is 0.00555. The molecular weight excluding hydrogens is 324 g/mol. The molecule has 2 rings (SSSR count). The molecule has 1 N–H and O–H groups in total. The first kappa shape index (κ1) is 18.5. The van der Waals surface area contributed by atoms with Gasteiger partial charge in [0.15, 0.2) is 0 Å². The molecule has 0 bridgehead atoms. The number of hydrogen-bond acceptors (Lipinski definition) is 3. The standard InChI is InChI=1S/C18H25ClN4O/c1-5-8-13-11-16(23(4)21-13)18(24)20-12-17(22(2)3)14-9-6-7-10-15(14)19/h6-7,9-11,17H,5,8,12H2,1-4H3,(H,20,24)/t17-/m0/s1. The van der Waals surface area contributed by atoms with Crippen molar-refractivity contribution in [1.82, 2.24) is 20.0 Å². The number of nitrogens with zero attached hydrogens (tertiary/aromatic N) is 3. The molecule has 0 unspecified atom stereocenters. The molecule has 1 aromatic carbocycles. The van der Waals surface area contributed by atoms with Gasteiger partial charge in [-0.25, -0.2) is 0 Å². The van der Waals surface area contributed by atoms with Crippen molar-refractivity contribution < 1.29 is 4.79 Å². The molecule has 0 saturated carbocycles. The maximum atomic E-state index is 12.5. The van der Waals surface area contributed by atoms with Gasteiger partial charge in [-0.3, -0.25) is 9.48 Å². The number of nitrogens with one attached hydrogen (secondary N) is 1. The highest BCUT2D eigenvalue weighted by Gasteiger charge is 2.19. The van der Waals surface area contributed by atoms with E-state index in [1.165, 1.54) is 0 Å². The van der Waals surface area contributed by atoms with Gasteiger partial charge in [-0.05, 0) is 38.2 Å². The van der Waals surface area contributed by atoms with E-state index in [4.69, 9.17) is 11.6 Å². The monoisotopic (exact) mass is 348 g/mol. The third-order valence-electron chi connectivity index (χ3n) is 4.01. The van der Waals surface area contributed by atoms with Crippen LogP contribution < -0.4 is 5.32 Å². The minimum atomic E-state index is -0.119. The van der Waals surface area contributed by atoms with Gasteiger partial charge in [-0.1, -0.05) is 43.1 Å². The first-order valence-corrected chi connectivity index (χ1v) is 8.53. The summed E-state index contributed by atoms with van der Waals surface area (Å²) in [4.78, 5) is 14.6. The number of rotatable bonds is 7. The van der Waals surface area contributed by atoms with Crippen molar-refractivity contribution in [2.45, 2.75) is 25.8 Å². The quantitative estimate of drug-likeness (QED) is 0.836. The number of carbonyl (C=O) groups is 1. The smallest absolute Gasteiger partial charge is 0.269 e. The number of amides is 1. The van der Waals surface area contributed by atoms with Crippen molar-refractivity contribution in [3.05, 3.63) is 52.3 Å². The summed E-state index contributed by atoms with van der Waals surface area (Å²) in [6.07, 6.45) is 1.88. The highest BCUT2D eigenvalue weighted by molar-refractivity contribution is 6.31. The second-order valence-electron chi connectivity index (χ2n) is 6.11. The van der Waals surface area contributed by atoms with E-state index in [0.29, 0.717) is 17.3 Å². The van der Waals surface area contributed by atoms with E-state index in [1.807, 2.05) is 49.3 Å². The molecule has 5 nitrogen and oxygen atoms in total. The Morgan fingerprint density at radius 1 is 1.38 bits per heavy atom. The molecule has 0 aliphatic rings. The summed E-state index contributed by atoms with van der Waals surface area (Å²) < 4.78 is 1.64. The first-order chi connectivity index (χ1) is 11.4. The lowest BCUT2D eigenvalue weighted by atomic mass is 10.1. The normalized spacial score (nSPS) is 12.4. The van der Waals surface area contributed by atoms with Crippen LogP contribution in [0.25, 0.3) is 0 Å². The van der Waals surface area contributed by atoms with Crippen LogP contribution in [0.3, 0.4) is 0 Å². The molecule has 130 valence electrons. The fraction of sp³-hybridized carbons (Fsp3) is 0.444. The second kappa shape index (κ2) is 8.31. The summed E-state index contributed by atoms with van der Waals surface area (Å²) in [5, 5.41) is 8.09. The molecule has 0 spiro atoms. The zero-order valence-electron chi connectivity index (χ0n) is 14.7. The van der Waals surface area contributed by atoms with E-state index in [2.05, 4.69) is 17.3 Å². The molecule has 24 heavy (non-hydrogen) atoms. The average molecular weight is 349 g/mol. The lowest BCUT2D eigenvalue weighted by molar-refractivity contribution is 0.0932. The van der Waals surface area contributed by atoms with Gasteiger partial charge in [0.2, 0.25) is 0 Å². The maximum absolute atomic E-state index is 12.5. The predicted octanol–water partition coefficient (Wildman–Crippen LogP) is 3.06. The van der Waals surface area contributed by atoms with E-state index < -0.39 is 0 Å². The van der Waals surface area contributed by atoms with Gasteiger partial charge < -0.3 is 10.2 Å². The van der Waals surface area contributed by atoms with Crippen molar-refractivity contribution in [2.24, 2.45) is 7.05 Å². The Morgan fingerprint density at radius 3 is 2.71 bits per heavy atom. The molecule has 0 radical (unpaired) electrons. The Bertz CT molecular complexity index is 696. The molecule has 0 fully saturated rings. The SMILES string of the molecule is CCCc1cc(C(=O)NC[C@@H](c2ccccc2Cl)N(C)C)n(C)n1. The number of hydrogen-bond donors (Lipinski definition) is 1. The van der Waals surface area contributed by atoms with Crippen LogP contribution in [0, 0.1) is 0 Å². The van der Waals surface area contributed by atoms with Gasteiger partial charge in [0.1, 0.15) is 5.69 Å². The largest absolute Gasteiger partial charge is 0.349 e. The molecule has 6 heteroatoms. The van der Waals surface area contributed by atoms with Gasteiger partial charge in [0.25, 0.3) is 5.91 Å². The topological polar surface area (TPSA) is 50.2 Å². The van der Waals surface area contributed by atoms with Gasteiger partial charge in [0.05, 0.1) is 11.7 Å². The van der Waals surface area contributed by atoms with Crippen molar-refractivity contribution in [1.29, 1.82) is 0 Å². The fourth-order valence-corrected chi connectivity index (χ4v) is 2.98.